The van der Waals surface area contributed by atoms with Gasteiger partial charge in [0.05, 0.1) is 6.10 Å². The van der Waals surface area contributed by atoms with Gasteiger partial charge in [-0.2, -0.15) is 0 Å². The predicted octanol–water partition coefficient (Wildman–Crippen LogP) is 2.89. The normalized spacial score (nSPS) is 23.5. The Hall–Kier alpha value is -0.340. The second-order valence-electron chi connectivity index (χ2n) is 5.33. The van der Waals surface area contributed by atoms with Gasteiger partial charge in [-0.15, -0.1) is 0 Å². The first-order valence-corrected chi connectivity index (χ1v) is 6.07. The van der Waals surface area contributed by atoms with Crippen LogP contribution in [-0.2, 0) is 4.74 Å². The molecule has 0 amide bonds. The first kappa shape index (κ1) is 12.7. The largest absolute Gasteiger partial charge is 0.374 e. The molecule has 0 aromatic carbocycles. The fourth-order valence-electron chi connectivity index (χ4n) is 1.68. The van der Waals surface area contributed by atoms with Gasteiger partial charge in [-0.05, 0) is 40.0 Å². The van der Waals surface area contributed by atoms with Gasteiger partial charge in [-0.3, -0.25) is 0 Å². The molecule has 1 unspecified atom stereocenters. The van der Waals surface area contributed by atoms with E-state index in [0.717, 1.165) is 19.6 Å². The molecule has 1 saturated heterocycles. The smallest absolute Gasteiger partial charge is 0.0759 e. The van der Waals surface area contributed by atoms with E-state index >= 15 is 0 Å². The van der Waals surface area contributed by atoms with E-state index in [0.29, 0.717) is 6.10 Å². The van der Waals surface area contributed by atoms with Gasteiger partial charge in [0.25, 0.3) is 0 Å². The zero-order valence-electron chi connectivity index (χ0n) is 10.6. The highest BCUT2D eigenvalue weighted by Gasteiger charge is 2.14. The minimum Gasteiger partial charge on any atom is -0.374 e. The Morgan fingerprint density at radius 1 is 1.47 bits per heavy atom. The molecule has 2 nitrogen and oxygen atoms in total. The average Bonchev–Trinajstić information content (AvgIpc) is 2.63. The van der Waals surface area contributed by atoms with Crippen molar-refractivity contribution in [1.82, 2.24) is 5.32 Å². The molecule has 1 rings (SSSR count). The third kappa shape index (κ3) is 5.33. The van der Waals surface area contributed by atoms with Gasteiger partial charge in [-0.25, -0.2) is 0 Å². The summed E-state index contributed by atoms with van der Waals surface area (Å²) in [6.45, 7) is 10.7. The van der Waals surface area contributed by atoms with Crippen LogP contribution in [-0.4, -0.2) is 24.8 Å². The van der Waals surface area contributed by atoms with Crippen LogP contribution < -0.4 is 5.32 Å². The zero-order valence-corrected chi connectivity index (χ0v) is 10.6. The van der Waals surface area contributed by atoms with E-state index in [1.165, 1.54) is 18.4 Å². The lowest BCUT2D eigenvalue weighted by molar-refractivity contribution is 0.144. The van der Waals surface area contributed by atoms with Crippen molar-refractivity contribution >= 4 is 0 Å². The first-order valence-electron chi connectivity index (χ1n) is 6.07. The fraction of sp³-hybridized carbons (Fsp3) is 0.846. The Labute approximate surface area is 94.1 Å². The van der Waals surface area contributed by atoms with Gasteiger partial charge in [0.2, 0.25) is 0 Å². The molecule has 1 fully saturated rings. The molecule has 1 aliphatic rings. The second kappa shape index (κ2) is 5.66. The molecule has 0 spiro atoms. The Balaban J connectivity index is 2.40. The van der Waals surface area contributed by atoms with Gasteiger partial charge in [0.1, 0.15) is 0 Å². The van der Waals surface area contributed by atoms with Crippen molar-refractivity contribution in [3.05, 3.63) is 11.6 Å². The first-order chi connectivity index (χ1) is 7.01. The van der Waals surface area contributed by atoms with Crippen molar-refractivity contribution in [2.45, 2.75) is 58.6 Å². The molecule has 0 aliphatic carbocycles. The van der Waals surface area contributed by atoms with E-state index in [-0.39, 0.29) is 5.54 Å². The van der Waals surface area contributed by atoms with E-state index in [1.807, 2.05) is 0 Å². The van der Waals surface area contributed by atoms with Gasteiger partial charge in [-0.1, -0.05) is 18.6 Å². The SMILES string of the molecule is CCC(=CC1CCCO1)CNC(C)(C)C. The molecule has 1 N–H and O–H groups in total. The highest BCUT2D eigenvalue weighted by atomic mass is 16.5. The lowest BCUT2D eigenvalue weighted by atomic mass is 10.1. The second-order valence-corrected chi connectivity index (χ2v) is 5.33. The third-order valence-corrected chi connectivity index (χ3v) is 2.69. The van der Waals surface area contributed by atoms with Gasteiger partial charge in [0, 0.05) is 18.7 Å². The van der Waals surface area contributed by atoms with Crippen LogP contribution in [0.1, 0.15) is 47.0 Å². The minimum atomic E-state index is 0.199. The number of ether oxygens (including phenoxy) is 1. The summed E-state index contributed by atoms with van der Waals surface area (Å²) in [5, 5.41) is 3.52. The van der Waals surface area contributed by atoms with E-state index in [1.54, 1.807) is 0 Å². The van der Waals surface area contributed by atoms with Gasteiger partial charge in [0.15, 0.2) is 0 Å². The van der Waals surface area contributed by atoms with Crippen LogP contribution in [0, 0.1) is 0 Å². The molecule has 0 aromatic heterocycles. The van der Waals surface area contributed by atoms with Crippen LogP contribution in [0.25, 0.3) is 0 Å². The van der Waals surface area contributed by atoms with Crippen molar-refractivity contribution in [2.75, 3.05) is 13.2 Å². The molecule has 1 aliphatic heterocycles. The summed E-state index contributed by atoms with van der Waals surface area (Å²) in [5.41, 5.74) is 1.67. The summed E-state index contributed by atoms with van der Waals surface area (Å²) in [7, 11) is 0. The van der Waals surface area contributed by atoms with Crippen molar-refractivity contribution in [2.24, 2.45) is 0 Å². The number of hydrogen-bond donors (Lipinski definition) is 1. The number of hydrogen-bond acceptors (Lipinski definition) is 2. The van der Waals surface area contributed by atoms with E-state index in [2.05, 4.69) is 39.1 Å². The quantitative estimate of drug-likeness (QED) is 0.722. The summed E-state index contributed by atoms with van der Waals surface area (Å²) in [6.07, 6.45) is 6.21. The summed E-state index contributed by atoms with van der Waals surface area (Å²) in [5.74, 6) is 0. The Morgan fingerprint density at radius 2 is 2.20 bits per heavy atom. The number of rotatable bonds is 4. The van der Waals surface area contributed by atoms with Gasteiger partial charge >= 0.3 is 0 Å². The monoisotopic (exact) mass is 211 g/mol. The lowest BCUT2D eigenvalue weighted by Crippen LogP contribution is -2.37. The van der Waals surface area contributed by atoms with E-state index < -0.39 is 0 Å². The maximum Gasteiger partial charge on any atom is 0.0759 e. The van der Waals surface area contributed by atoms with Crippen LogP contribution in [0.15, 0.2) is 11.6 Å². The van der Waals surface area contributed by atoms with Gasteiger partial charge < -0.3 is 10.1 Å². The van der Waals surface area contributed by atoms with Crippen molar-refractivity contribution in [3.8, 4) is 0 Å². The summed E-state index contributed by atoms with van der Waals surface area (Å²) in [4.78, 5) is 0. The Morgan fingerprint density at radius 3 is 2.67 bits per heavy atom. The fourth-order valence-corrected chi connectivity index (χ4v) is 1.68. The molecular weight excluding hydrogens is 186 g/mol. The summed E-state index contributed by atoms with van der Waals surface area (Å²) >= 11 is 0. The van der Waals surface area contributed by atoms with Crippen LogP contribution in [0.5, 0.6) is 0 Å². The summed E-state index contributed by atoms with van der Waals surface area (Å²) in [6, 6.07) is 0. The number of nitrogens with one attached hydrogen (secondary N) is 1. The highest BCUT2D eigenvalue weighted by Crippen LogP contribution is 2.16. The Bertz CT molecular complexity index is 209. The molecule has 1 heterocycles. The Kier molecular flexibility index (Phi) is 4.81. The van der Waals surface area contributed by atoms with Crippen molar-refractivity contribution in [3.63, 3.8) is 0 Å². The maximum atomic E-state index is 5.61. The predicted molar refractivity (Wildman–Crippen MR) is 65.1 cm³/mol. The van der Waals surface area contributed by atoms with Crippen molar-refractivity contribution < 1.29 is 4.74 Å². The van der Waals surface area contributed by atoms with Crippen LogP contribution in [0.4, 0.5) is 0 Å². The zero-order chi connectivity index (χ0) is 11.3. The van der Waals surface area contributed by atoms with Crippen LogP contribution >= 0.6 is 0 Å². The van der Waals surface area contributed by atoms with Crippen molar-refractivity contribution in [1.29, 1.82) is 0 Å². The van der Waals surface area contributed by atoms with E-state index in [9.17, 15) is 0 Å². The van der Waals surface area contributed by atoms with Crippen LogP contribution in [0.2, 0.25) is 0 Å². The summed E-state index contributed by atoms with van der Waals surface area (Å²) < 4.78 is 5.61. The molecule has 2 heteroatoms. The minimum absolute atomic E-state index is 0.199. The maximum absolute atomic E-state index is 5.61. The molecule has 0 saturated carbocycles. The molecule has 15 heavy (non-hydrogen) atoms. The molecular formula is C13H25NO. The lowest BCUT2D eigenvalue weighted by Gasteiger charge is -2.22. The topological polar surface area (TPSA) is 21.3 Å². The third-order valence-electron chi connectivity index (χ3n) is 2.69. The molecule has 88 valence electrons. The standard InChI is InChI=1S/C13H25NO/c1-5-11(10-14-13(2,3)4)9-12-7-6-8-15-12/h9,12,14H,5-8,10H2,1-4H3. The van der Waals surface area contributed by atoms with E-state index in [4.69, 9.17) is 4.74 Å². The highest BCUT2D eigenvalue weighted by molar-refractivity contribution is 5.08. The average molecular weight is 211 g/mol. The molecule has 0 bridgehead atoms. The molecule has 1 atom stereocenters. The molecule has 0 aromatic rings. The molecule has 0 radical (unpaired) electrons. The van der Waals surface area contributed by atoms with Crippen LogP contribution in [0.3, 0.4) is 0 Å².